The number of hydrogen-bond donors (Lipinski definition) is 1. The molecule has 0 aliphatic carbocycles. The molecule has 0 fully saturated rings. The molecule has 6 heteroatoms. The second-order valence-electron chi connectivity index (χ2n) is 4.14. The van der Waals surface area contributed by atoms with E-state index in [0.29, 0.717) is 11.4 Å². The molecule has 1 rings (SSSR count). The molecule has 0 bridgehead atoms. The first-order valence-corrected chi connectivity index (χ1v) is 6.84. The molecule has 116 valence electrons. The van der Waals surface area contributed by atoms with Crippen molar-refractivity contribution < 1.29 is 23.8 Å². The third-order valence-corrected chi connectivity index (χ3v) is 2.75. The van der Waals surface area contributed by atoms with Crippen LogP contribution in [0.25, 0.3) is 0 Å². The van der Waals surface area contributed by atoms with Gasteiger partial charge in [-0.2, -0.15) is 0 Å². The molecule has 6 nitrogen and oxygen atoms in total. The van der Waals surface area contributed by atoms with Crippen LogP contribution in [0.4, 0.5) is 5.69 Å². The lowest BCUT2D eigenvalue weighted by atomic mass is 10.1. The van der Waals surface area contributed by atoms with Gasteiger partial charge in [0.25, 0.3) is 0 Å². The Morgan fingerprint density at radius 2 is 1.67 bits per heavy atom. The Balaban J connectivity index is 2.76. The van der Waals surface area contributed by atoms with Gasteiger partial charge in [-0.05, 0) is 26.0 Å². The van der Waals surface area contributed by atoms with Crippen LogP contribution in [-0.2, 0) is 19.1 Å². The Bertz CT molecular complexity index is 457. The minimum atomic E-state index is -1.00. The normalized spacial score (nSPS) is 10.1. The van der Waals surface area contributed by atoms with Gasteiger partial charge in [0.1, 0.15) is 5.75 Å². The van der Waals surface area contributed by atoms with Crippen molar-refractivity contribution in [3.8, 4) is 5.75 Å². The van der Waals surface area contributed by atoms with Gasteiger partial charge in [0.05, 0.1) is 26.0 Å². The smallest absolute Gasteiger partial charge is 0.322 e. The van der Waals surface area contributed by atoms with Crippen LogP contribution < -0.4 is 10.1 Å². The predicted octanol–water partition coefficient (Wildman–Crippen LogP) is 1.85. The fourth-order valence-corrected chi connectivity index (χ4v) is 1.75. The summed E-state index contributed by atoms with van der Waals surface area (Å²) in [5, 5.41) is 3.02. The standard InChI is InChI=1S/C15H21NO5/c1-4-20-14(17)11(15(18)21-5-2)10-16-12-8-6-7-9-13(12)19-3/h6-9,11,16H,4-5,10H2,1-3H3. The van der Waals surface area contributed by atoms with Crippen LogP contribution in [0.3, 0.4) is 0 Å². The zero-order valence-corrected chi connectivity index (χ0v) is 12.5. The summed E-state index contributed by atoms with van der Waals surface area (Å²) < 4.78 is 15.0. The second-order valence-corrected chi connectivity index (χ2v) is 4.14. The number of nitrogens with one attached hydrogen (secondary N) is 1. The zero-order valence-electron chi connectivity index (χ0n) is 12.5. The van der Waals surface area contributed by atoms with Gasteiger partial charge in [-0.3, -0.25) is 9.59 Å². The molecule has 1 aromatic carbocycles. The van der Waals surface area contributed by atoms with Gasteiger partial charge < -0.3 is 19.5 Å². The lowest BCUT2D eigenvalue weighted by molar-refractivity contribution is -0.160. The lowest BCUT2D eigenvalue weighted by Crippen LogP contribution is -2.33. The average molecular weight is 295 g/mol. The van der Waals surface area contributed by atoms with Crippen LogP contribution in [-0.4, -0.2) is 38.8 Å². The van der Waals surface area contributed by atoms with E-state index in [4.69, 9.17) is 14.2 Å². The van der Waals surface area contributed by atoms with E-state index in [-0.39, 0.29) is 19.8 Å². The van der Waals surface area contributed by atoms with Crippen LogP contribution in [0.1, 0.15) is 13.8 Å². The molecule has 0 amide bonds. The van der Waals surface area contributed by atoms with E-state index >= 15 is 0 Å². The molecular formula is C15H21NO5. The third-order valence-electron chi connectivity index (χ3n) is 2.75. The monoisotopic (exact) mass is 295 g/mol. The van der Waals surface area contributed by atoms with Crippen LogP contribution in [0.2, 0.25) is 0 Å². The summed E-state index contributed by atoms with van der Waals surface area (Å²) in [4.78, 5) is 23.7. The highest BCUT2D eigenvalue weighted by atomic mass is 16.6. The molecule has 0 saturated carbocycles. The summed E-state index contributed by atoms with van der Waals surface area (Å²) in [6.07, 6.45) is 0. The molecule has 0 aromatic heterocycles. The first-order chi connectivity index (χ1) is 10.1. The van der Waals surface area contributed by atoms with Gasteiger partial charge >= 0.3 is 11.9 Å². The number of benzene rings is 1. The molecule has 0 unspecified atom stereocenters. The minimum Gasteiger partial charge on any atom is -0.495 e. The van der Waals surface area contributed by atoms with Gasteiger partial charge in [-0.1, -0.05) is 12.1 Å². The quantitative estimate of drug-likeness (QED) is 0.583. The van der Waals surface area contributed by atoms with E-state index in [1.165, 1.54) is 0 Å². The largest absolute Gasteiger partial charge is 0.495 e. The molecule has 1 N–H and O–H groups in total. The number of carbonyl (C=O) groups is 2. The fraction of sp³-hybridized carbons (Fsp3) is 0.467. The van der Waals surface area contributed by atoms with Gasteiger partial charge in [-0.25, -0.2) is 0 Å². The summed E-state index contributed by atoms with van der Waals surface area (Å²) in [7, 11) is 1.55. The van der Waals surface area contributed by atoms with Crippen molar-refractivity contribution in [1.82, 2.24) is 0 Å². The van der Waals surface area contributed by atoms with Gasteiger partial charge in [0, 0.05) is 6.54 Å². The Kier molecular flexibility index (Phi) is 7.08. The Labute approximate surface area is 124 Å². The maximum absolute atomic E-state index is 11.8. The van der Waals surface area contributed by atoms with E-state index in [2.05, 4.69) is 5.32 Å². The summed E-state index contributed by atoms with van der Waals surface area (Å²) in [5.74, 6) is -1.57. The topological polar surface area (TPSA) is 73.9 Å². The molecule has 0 saturated heterocycles. The molecule has 0 atom stereocenters. The highest BCUT2D eigenvalue weighted by molar-refractivity contribution is 5.95. The van der Waals surface area contributed by atoms with Crippen LogP contribution in [0.15, 0.2) is 24.3 Å². The molecule has 0 aliphatic heterocycles. The molecule has 0 aliphatic rings. The second kappa shape index (κ2) is 8.84. The fourth-order valence-electron chi connectivity index (χ4n) is 1.75. The van der Waals surface area contributed by atoms with Crippen LogP contribution in [0, 0.1) is 5.92 Å². The number of ether oxygens (including phenoxy) is 3. The van der Waals surface area contributed by atoms with E-state index in [1.807, 2.05) is 12.1 Å². The van der Waals surface area contributed by atoms with E-state index < -0.39 is 17.9 Å². The summed E-state index contributed by atoms with van der Waals surface area (Å²) >= 11 is 0. The molecule has 1 aromatic rings. The van der Waals surface area contributed by atoms with E-state index in [0.717, 1.165) is 0 Å². The molecule has 21 heavy (non-hydrogen) atoms. The van der Waals surface area contributed by atoms with Crippen molar-refractivity contribution in [3.63, 3.8) is 0 Å². The van der Waals surface area contributed by atoms with E-state index in [9.17, 15) is 9.59 Å². The summed E-state index contributed by atoms with van der Waals surface area (Å²) in [5.41, 5.74) is 0.693. The molecule has 0 spiro atoms. The van der Waals surface area contributed by atoms with Crippen molar-refractivity contribution in [3.05, 3.63) is 24.3 Å². The van der Waals surface area contributed by atoms with Gasteiger partial charge in [0.15, 0.2) is 5.92 Å². The number of carbonyl (C=O) groups excluding carboxylic acids is 2. The average Bonchev–Trinajstić information content (AvgIpc) is 2.48. The number of para-hydroxylation sites is 2. The number of methoxy groups -OCH3 is 1. The minimum absolute atomic E-state index is 0.0814. The van der Waals surface area contributed by atoms with Crippen LogP contribution >= 0.6 is 0 Å². The third kappa shape index (κ3) is 4.98. The predicted molar refractivity (Wildman–Crippen MR) is 78.2 cm³/mol. The maximum atomic E-state index is 11.8. The Morgan fingerprint density at radius 3 is 2.19 bits per heavy atom. The first kappa shape index (κ1) is 16.8. The Morgan fingerprint density at radius 1 is 1.10 bits per heavy atom. The number of esters is 2. The number of anilines is 1. The van der Waals surface area contributed by atoms with E-state index in [1.54, 1.807) is 33.1 Å². The lowest BCUT2D eigenvalue weighted by Gasteiger charge is -2.16. The van der Waals surface area contributed by atoms with Crippen molar-refractivity contribution in [2.24, 2.45) is 5.92 Å². The molecule has 0 heterocycles. The SMILES string of the molecule is CCOC(=O)C(CNc1ccccc1OC)C(=O)OCC. The van der Waals surface area contributed by atoms with Crippen molar-refractivity contribution in [2.75, 3.05) is 32.2 Å². The first-order valence-electron chi connectivity index (χ1n) is 6.84. The maximum Gasteiger partial charge on any atom is 0.322 e. The number of rotatable bonds is 8. The van der Waals surface area contributed by atoms with Gasteiger partial charge in [-0.15, -0.1) is 0 Å². The molecular weight excluding hydrogens is 274 g/mol. The highest BCUT2D eigenvalue weighted by Gasteiger charge is 2.29. The van der Waals surface area contributed by atoms with Crippen LogP contribution in [0.5, 0.6) is 5.75 Å². The number of hydrogen-bond acceptors (Lipinski definition) is 6. The van der Waals surface area contributed by atoms with Crippen molar-refractivity contribution in [1.29, 1.82) is 0 Å². The van der Waals surface area contributed by atoms with Crippen molar-refractivity contribution >= 4 is 17.6 Å². The highest BCUT2D eigenvalue weighted by Crippen LogP contribution is 2.23. The molecule has 0 radical (unpaired) electrons. The van der Waals surface area contributed by atoms with Crippen molar-refractivity contribution in [2.45, 2.75) is 13.8 Å². The van der Waals surface area contributed by atoms with Gasteiger partial charge in [0.2, 0.25) is 0 Å². The Hall–Kier alpha value is -2.24. The summed E-state index contributed by atoms with van der Waals surface area (Å²) in [6, 6.07) is 7.24. The summed E-state index contributed by atoms with van der Waals surface area (Å²) in [6.45, 7) is 3.88. The zero-order chi connectivity index (χ0) is 15.7.